The molecule has 42 heavy (non-hydrogen) atoms. The van der Waals surface area contributed by atoms with Crippen molar-refractivity contribution in [2.75, 3.05) is 18.1 Å². The van der Waals surface area contributed by atoms with Gasteiger partial charge in [0.2, 0.25) is 11.8 Å². The molecule has 8 nitrogen and oxygen atoms in total. The Kier molecular flexibility index (Phi) is 11.7. The Morgan fingerprint density at radius 2 is 1.55 bits per heavy atom. The third kappa shape index (κ3) is 10.3. The summed E-state index contributed by atoms with van der Waals surface area (Å²) < 4.78 is 65.2. The first kappa shape index (κ1) is 32.8. The SMILES string of the molecule is CCc1cccc(CNC[C@@H](O)[C@H](Cc2cc(F)cc(F)c2)NC(=O)CCC(=O)Nc2cc(S(C)(=O)=O)ccc2F)c1. The fraction of sp³-hybridized carbons (Fsp3) is 0.333. The number of benzene rings is 3. The van der Waals surface area contributed by atoms with Crippen LogP contribution in [0.1, 0.15) is 36.5 Å². The standard InChI is InChI=1S/C30H34F3N3O5S/c1-3-19-5-4-6-20(11-19)17-34-18-28(37)27(14-21-12-22(31)15-23(32)13-21)36-30(39)10-9-29(38)35-26-16-24(42(2,40)41)7-8-25(26)33/h4-8,11-13,15-16,27-28,34,37H,3,9-10,14,17-18H2,1-2H3,(H,35,38)(H,36,39)/t27-,28+/m0/s1. The van der Waals surface area contributed by atoms with Crippen molar-refractivity contribution in [3.8, 4) is 0 Å². The molecule has 0 heterocycles. The first-order valence-electron chi connectivity index (χ1n) is 13.3. The third-order valence-electron chi connectivity index (χ3n) is 6.49. The molecule has 0 radical (unpaired) electrons. The summed E-state index contributed by atoms with van der Waals surface area (Å²) in [6.45, 7) is 2.53. The number of aliphatic hydroxyl groups is 1. The molecule has 0 aliphatic heterocycles. The topological polar surface area (TPSA) is 125 Å². The summed E-state index contributed by atoms with van der Waals surface area (Å²) in [5, 5.41) is 18.9. The van der Waals surface area contributed by atoms with Gasteiger partial charge in [-0.3, -0.25) is 9.59 Å². The van der Waals surface area contributed by atoms with Crippen molar-refractivity contribution >= 4 is 27.3 Å². The minimum Gasteiger partial charge on any atom is -0.390 e. The molecule has 3 rings (SSSR count). The van der Waals surface area contributed by atoms with Crippen molar-refractivity contribution in [3.63, 3.8) is 0 Å². The van der Waals surface area contributed by atoms with Gasteiger partial charge < -0.3 is 21.1 Å². The summed E-state index contributed by atoms with van der Waals surface area (Å²) >= 11 is 0. The highest BCUT2D eigenvalue weighted by molar-refractivity contribution is 7.90. The van der Waals surface area contributed by atoms with E-state index >= 15 is 0 Å². The highest BCUT2D eigenvalue weighted by Crippen LogP contribution is 2.20. The summed E-state index contributed by atoms with van der Waals surface area (Å²) in [4.78, 5) is 24.9. The van der Waals surface area contributed by atoms with Gasteiger partial charge in [0.05, 0.1) is 22.7 Å². The Balaban J connectivity index is 1.62. The van der Waals surface area contributed by atoms with E-state index in [4.69, 9.17) is 0 Å². The third-order valence-corrected chi connectivity index (χ3v) is 7.60. The molecule has 0 saturated carbocycles. The predicted molar refractivity (Wildman–Crippen MR) is 153 cm³/mol. The van der Waals surface area contributed by atoms with Crippen molar-refractivity contribution in [2.45, 2.75) is 56.2 Å². The van der Waals surface area contributed by atoms with Gasteiger partial charge in [-0.15, -0.1) is 0 Å². The van der Waals surface area contributed by atoms with Crippen LogP contribution in [0.25, 0.3) is 0 Å². The van der Waals surface area contributed by atoms with Crippen LogP contribution in [0, 0.1) is 17.5 Å². The molecule has 3 aromatic rings. The van der Waals surface area contributed by atoms with Gasteiger partial charge in [0.15, 0.2) is 9.84 Å². The summed E-state index contributed by atoms with van der Waals surface area (Å²) in [5.74, 6) is -3.83. The minimum atomic E-state index is -3.64. The van der Waals surface area contributed by atoms with Crippen LogP contribution in [0.4, 0.5) is 18.9 Å². The van der Waals surface area contributed by atoms with Crippen LogP contribution in [0.5, 0.6) is 0 Å². The first-order chi connectivity index (χ1) is 19.8. The van der Waals surface area contributed by atoms with E-state index in [1.165, 1.54) is 0 Å². The zero-order valence-electron chi connectivity index (χ0n) is 23.3. The summed E-state index contributed by atoms with van der Waals surface area (Å²) in [7, 11) is -3.64. The molecule has 0 bridgehead atoms. The van der Waals surface area contributed by atoms with Crippen LogP contribution in [0.3, 0.4) is 0 Å². The van der Waals surface area contributed by atoms with Gasteiger partial charge in [-0.1, -0.05) is 31.2 Å². The first-order valence-corrected chi connectivity index (χ1v) is 15.2. The normalized spacial score (nSPS) is 12.9. The molecule has 226 valence electrons. The number of hydrogen-bond acceptors (Lipinski definition) is 6. The van der Waals surface area contributed by atoms with Crippen LogP contribution in [0.2, 0.25) is 0 Å². The Labute approximate surface area is 243 Å². The van der Waals surface area contributed by atoms with Crippen LogP contribution in [-0.4, -0.2) is 50.3 Å². The molecule has 2 amide bonds. The van der Waals surface area contributed by atoms with Gasteiger partial charge in [0, 0.05) is 38.3 Å². The van der Waals surface area contributed by atoms with Gasteiger partial charge in [-0.2, -0.15) is 0 Å². The number of nitrogens with one attached hydrogen (secondary N) is 3. The van der Waals surface area contributed by atoms with Crippen LogP contribution in [0.15, 0.2) is 65.6 Å². The van der Waals surface area contributed by atoms with E-state index in [0.717, 1.165) is 54.1 Å². The lowest BCUT2D eigenvalue weighted by Gasteiger charge is -2.25. The van der Waals surface area contributed by atoms with Crippen molar-refractivity contribution in [1.29, 1.82) is 0 Å². The number of rotatable bonds is 14. The molecule has 4 N–H and O–H groups in total. The number of anilines is 1. The van der Waals surface area contributed by atoms with Gasteiger partial charge >= 0.3 is 0 Å². The number of carbonyl (C=O) groups excluding carboxylic acids is 2. The number of sulfone groups is 1. The highest BCUT2D eigenvalue weighted by Gasteiger charge is 2.23. The van der Waals surface area contributed by atoms with Gasteiger partial charge in [-0.05, 0) is 59.9 Å². The van der Waals surface area contributed by atoms with Gasteiger partial charge in [-0.25, -0.2) is 21.6 Å². The monoisotopic (exact) mass is 605 g/mol. The molecule has 0 saturated heterocycles. The molecular weight excluding hydrogens is 571 g/mol. The Morgan fingerprint density at radius 3 is 2.21 bits per heavy atom. The average molecular weight is 606 g/mol. The molecule has 0 aliphatic carbocycles. The van der Waals surface area contributed by atoms with E-state index < -0.39 is 51.2 Å². The maximum absolute atomic E-state index is 14.1. The van der Waals surface area contributed by atoms with E-state index in [2.05, 4.69) is 16.0 Å². The highest BCUT2D eigenvalue weighted by atomic mass is 32.2. The second-order valence-electron chi connectivity index (χ2n) is 9.99. The predicted octanol–water partition coefficient (Wildman–Crippen LogP) is 3.67. The van der Waals surface area contributed by atoms with Crippen molar-refractivity contribution in [1.82, 2.24) is 10.6 Å². The van der Waals surface area contributed by atoms with Crippen molar-refractivity contribution in [2.24, 2.45) is 0 Å². The summed E-state index contributed by atoms with van der Waals surface area (Å²) in [5.41, 5.74) is 2.02. The molecule has 0 aliphatic rings. The quantitative estimate of drug-likeness (QED) is 0.208. The number of hydrogen-bond donors (Lipinski definition) is 4. The molecule has 0 unspecified atom stereocenters. The Morgan fingerprint density at radius 1 is 0.881 bits per heavy atom. The minimum absolute atomic E-state index is 0.0511. The van der Waals surface area contributed by atoms with Crippen molar-refractivity contribution < 1.29 is 36.3 Å². The molecular formula is C30H34F3N3O5S. The second-order valence-corrected chi connectivity index (χ2v) is 12.0. The van der Waals surface area contributed by atoms with Crippen molar-refractivity contribution in [3.05, 3.63) is 94.8 Å². The number of halogens is 3. The maximum Gasteiger partial charge on any atom is 0.224 e. The zero-order valence-corrected chi connectivity index (χ0v) is 24.1. The smallest absolute Gasteiger partial charge is 0.224 e. The lowest BCUT2D eigenvalue weighted by molar-refractivity contribution is -0.125. The molecule has 12 heteroatoms. The molecule has 3 aromatic carbocycles. The van der Waals surface area contributed by atoms with E-state index in [-0.39, 0.29) is 42.0 Å². The lowest BCUT2D eigenvalue weighted by Crippen LogP contribution is -2.48. The number of aliphatic hydroxyl groups excluding tert-OH is 1. The number of carbonyl (C=O) groups is 2. The van der Waals surface area contributed by atoms with Gasteiger partial charge in [0.25, 0.3) is 0 Å². The number of amides is 2. The average Bonchev–Trinajstić information content (AvgIpc) is 2.91. The molecule has 0 fully saturated rings. The van der Waals surface area contributed by atoms with Crippen LogP contribution < -0.4 is 16.0 Å². The van der Waals surface area contributed by atoms with Gasteiger partial charge in [0.1, 0.15) is 17.5 Å². The van der Waals surface area contributed by atoms with Crippen LogP contribution in [-0.2, 0) is 38.8 Å². The fourth-order valence-electron chi connectivity index (χ4n) is 4.28. The van der Waals surface area contributed by atoms with E-state index in [0.29, 0.717) is 12.6 Å². The Bertz CT molecular complexity index is 1500. The van der Waals surface area contributed by atoms with E-state index in [1.54, 1.807) is 0 Å². The number of aryl methyl sites for hydroxylation is 1. The van der Waals surface area contributed by atoms with E-state index in [1.807, 2.05) is 31.2 Å². The second kappa shape index (κ2) is 14.9. The van der Waals surface area contributed by atoms with Crippen LogP contribution >= 0.6 is 0 Å². The summed E-state index contributed by atoms with van der Waals surface area (Å²) in [6, 6.07) is 12.8. The molecule has 0 aromatic heterocycles. The lowest BCUT2D eigenvalue weighted by atomic mass is 10.00. The van der Waals surface area contributed by atoms with E-state index in [9.17, 15) is 36.3 Å². The fourth-order valence-corrected chi connectivity index (χ4v) is 4.93. The molecule has 0 spiro atoms. The maximum atomic E-state index is 14.1. The summed E-state index contributed by atoms with van der Waals surface area (Å²) in [6.07, 6.45) is -0.164. The molecule has 2 atom stereocenters. The largest absolute Gasteiger partial charge is 0.390 e. The Hall–Kier alpha value is -3.74. The zero-order chi connectivity index (χ0) is 30.9.